The molecule has 0 aliphatic carbocycles. The second-order valence-corrected chi connectivity index (χ2v) is 2.92. The maximum atomic E-state index is 8.44. The average molecular weight is 251 g/mol. The van der Waals surface area contributed by atoms with Crippen molar-refractivity contribution in [3.8, 4) is 5.75 Å². The van der Waals surface area contributed by atoms with Gasteiger partial charge in [0.15, 0.2) is 0 Å². The van der Waals surface area contributed by atoms with Gasteiger partial charge < -0.3 is 14.3 Å². The summed E-state index contributed by atoms with van der Waals surface area (Å²) < 4.78 is 4.59. The summed E-state index contributed by atoms with van der Waals surface area (Å²) in [5.74, 6) is 0.394. The fourth-order valence-electron chi connectivity index (χ4n) is 0.590. The first-order valence-electron chi connectivity index (χ1n) is 2.80. The molecule has 1 aromatic rings. The molecule has 0 saturated carbocycles. The van der Waals surface area contributed by atoms with E-state index >= 15 is 0 Å². The first kappa shape index (κ1) is 12.2. The molecule has 0 aromatic heterocycles. The van der Waals surface area contributed by atoms with Gasteiger partial charge >= 0.3 is 8.60 Å². The van der Waals surface area contributed by atoms with Crippen LogP contribution in [0.4, 0.5) is 0 Å². The zero-order valence-corrected chi connectivity index (χ0v) is 8.39. The van der Waals surface area contributed by atoms with Crippen LogP contribution in [0, 0.1) is 0 Å². The van der Waals surface area contributed by atoms with Crippen LogP contribution in [-0.2, 0) is 16.5 Å². The van der Waals surface area contributed by atoms with Crippen LogP contribution in [0.25, 0.3) is 0 Å². The summed E-state index contributed by atoms with van der Waals surface area (Å²) in [6.45, 7) is 0. The first-order valence-corrected chi connectivity index (χ1v) is 4.34. The molecule has 0 spiro atoms. The van der Waals surface area contributed by atoms with E-state index in [0.29, 0.717) is 10.8 Å². The molecule has 0 saturated heterocycles. The molecule has 0 atom stereocenters. The quantitative estimate of drug-likeness (QED) is 0.623. The predicted octanol–water partition coefficient (Wildman–Crippen LogP) is 1.93. The summed E-state index contributed by atoms with van der Waals surface area (Å²) in [5.41, 5.74) is 0. The fraction of sp³-hybridized carbons (Fsp3) is 0. The second kappa shape index (κ2) is 5.74. The summed E-state index contributed by atoms with van der Waals surface area (Å²) in [7, 11) is -2.33. The van der Waals surface area contributed by atoms with E-state index in [2.05, 4.69) is 4.52 Å². The third kappa shape index (κ3) is 4.25. The van der Waals surface area contributed by atoms with Gasteiger partial charge in [-0.3, -0.25) is 0 Å². The smallest absolute Gasteiger partial charge is 0.391 e. The number of hydrogen-bond acceptors (Lipinski definition) is 3. The SMILES string of the molecule is OP(O)Oc1ccc(Cl)cc1.[Ni]. The first-order chi connectivity index (χ1) is 5.18. The van der Waals surface area contributed by atoms with Gasteiger partial charge in [0.25, 0.3) is 0 Å². The molecule has 1 aromatic carbocycles. The molecule has 0 amide bonds. The number of halogens is 1. The van der Waals surface area contributed by atoms with Crippen LogP contribution >= 0.6 is 20.2 Å². The Morgan fingerprint density at radius 3 is 2.08 bits per heavy atom. The van der Waals surface area contributed by atoms with Gasteiger partial charge in [-0.05, 0) is 24.3 Å². The van der Waals surface area contributed by atoms with Crippen molar-refractivity contribution in [1.82, 2.24) is 0 Å². The van der Waals surface area contributed by atoms with Crippen molar-refractivity contribution in [2.45, 2.75) is 0 Å². The van der Waals surface area contributed by atoms with Gasteiger partial charge in [-0.1, -0.05) is 11.6 Å². The maximum absolute atomic E-state index is 8.44. The molecule has 6 heteroatoms. The predicted molar refractivity (Wildman–Crippen MR) is 43.4 cm³/mol. The molecule has 2 N–H and O–H groups in total. The summed E-state index contributed by atoms with van der Waals surface area (Å²) in [6, 6.07) is 6.33. The molecule has 0 bridgehead atoms. The third-order valence-corrected chi connectivity index (χ3v) is 1.63. The van der Waals surface area contributed by atoms with E-state index in [1.54, 1.807) is 24.3 Å². The molecule has 1 rings (SSSR count). The molecule has 12 heavy (non-hydrogen) atoms. The zero-order chi connectivity index (χ0) is 8.27. The molecular weight excluding hydrogens is 245 g/mol. The van der Waals surface area contributed by atoms with Crippen LogP contribution in [-0.4, -0.2) is 9.79 Å². The van der Waals surface area contributed by atoms with Crippen molar-refractivity contribution in [1.29, 1.82) is 0 Å². The molecule has 0 unspecified atom stereocenters. The Morgan fingerprint density at radius 1 is 1.17 bits per heavy atom. The second-order valence-electron chi connectivity index (χ2n) is 1.80. The van der Waals surface area contributed by atoms with E-state index in [1.807, 2.05) is 0 Å². The summed E-state index contributed by atoms with van der Waals surface area (Å²) in [5, 5.41) is 0.581. The van der Waals surface area contributed by atoms with E-state index in [9.17, 15) is 0 Å². The van der Waals surface area contributed by atoms with E-state index in [0.717, 1.165) is 0 Å². The Balaban J connectivity index is 0.00000121. The van der Waals surface area contributed by atoms with Crippen molar-refractivity contribution in [2.75, 3.05) is 0 Å². The van der Waals surface area contributed by atoms with Crippen LogP contribution in [0.3, 0.4) is 0 Å². The zero-order valence-electron chi connectivity index (χ0n) is 5.75. The average Bonchev–Trinajstić information content (AvgIpc) is 1.93. The summed E-state index contributed by atoms with van der Waals surface area (Å²) >= 11 is 5.57. The minimum absolute atomic E-state index is 0. The fourth-order valence-corrected chi connectivity index (χ4v) is 1.03. The molecule has 0 aliphatic rings. The normalized spacial score (nSPS) is 9.33. The Morgan fingerprint density at radius 2 is 1.67 bits per heavy atom. The Bertz CT molecular complexity index is 229. The van der Waals surface area contributed by atoms with E-state index < -0.39 is 8.60 Å². The van der Waals surface area contributed by atoms with Gasteiger partial charge in [-0.15, -0.1) is 0 Å². The molecular formula is C6H6ClNiO3P. The van der Waals surface area contributed by atoms with Gasteiger partial charge in [0.05, 0.1) is 0 Å². The maximum Gasteiger partial charge on any atom is 0.391 e. The molecule has 0 fully saturated rings. The van der Waals surface area contributed by atoms with E-state index in [1.165, 1.54) is 0 Å². The van der Waals surface area contributed by atoms with Crippen molar-refractivity contribution in [2.24, 2.45) is 0 Å². The Kier molecular flexibility index (Phi) is 5.81. The van der Waals surface area contributed by atoms with Crippen molar-refractivity contribution in [3.05, 3.63) is 29.3 Å². The van der Waals surface area contributed by atoms with Crippen LogP contribution < -0.4 is 4.52 Å². The monoisotopic (exact) mass is 250 g/mol. The summed E-state index contributed by atoms with van der Waals surface area (Å²) in [4.78, 5) is 16.9. The van der Waals surface area contributed by atoms with E-state index in [-0.39, 0.29) is 16.5 Å². The topological polar surface area (TPSA) is 49.7 Å². The van der Waals surface area contributed by atoms with Gasteiger partial charge in [0, 0.05) is 21.5 Å². The van der Waals surface area contributed by atoms with Crippen molar-refractivity contribution < 1.29 is 30.8 Å². The van der Waals surface area contributed by atoms with E-state index in [4.69, 9.17) is 21.4 Å². The van der Waals surface area contributed by atoms with Gasteiger partial charge in [-0.25, -0.2) is 0 Å². The number of rotatable bonds is 2. The van der Waals surface area contributed by atoms with Gasteiger partial charge in [0.2, 0.25) is 0 Å². The van der Waals surface area contributed by atoms with Crippen molar-refractivity contribution >= 4 is 20.2 Å². The third-order valence-electron chi connectivity index (χ3n) is 1.00. The Hall–Kier alpha value is 0.154. The van der Waals surface area contributed by atoms with Crippen LogP contribution in [0.2, 0.25) is 5.02 Å². The Labute approximate surface area is 86.2 Å². The minimum atomic E-state index is -2.33. The minimum Gasteiger partial charge on any atom is -0.427 e. The number of benzene rings is 1. The van der Waals surface area contributed by atoms with Crippen molar-refractivity contribution in [3.63, 3.8) is 0 Å². The molecule has 0 heterocycles. The van der Waals surface area contributed by atoms with Gasteiger partial charge in [0.1, 0.15) is 5.75 Å². The molecule has 0 aliphatic heterocycles. The van der Waals surface area contributed by atoms with Crippen LogP contribution in [0.5, 0.6) is 5.75 Å². The molecule has 0 radical (unpaired) electrons. The molecule has 70 valence electrons. The van der Waals surface area contributed by atoms with Gasteiger partial charge in [-0.2, -0.15) is 0 Å². The molecule has 3 nitrogen and oxygen atoms in total. The summed E-state index contributed by atoms with van der Waals surface area (Å²) in [6.07, 6.45) is 0. The largest absolute Gasteiger partial charge is 0.427 e. The number of hydrogen-bond donors (Lipinski definition) is 2. The standard InChI is InChI=1S/C6H6ClO3P.Ni/c7-5-1-3-6(4-2-5)10-11(8)9;/h1-4,8-9H;. The van der Waals surface area contributed by atoms with Crippen LogP contribution in [0.15, 0.2) is 24.3 Å². The van der Waals surface area contributed by atoms with Crippen LogP contribution in [0.1, 0.15) is 0 Å².